The first-order chi connectivity index (χ1) is 12.8. The van der Waals surface area contributed by atoms with E-state index in [9.17, 15) is 5.11 Å². The van der Waals surface area contributed by atoms with E-state index in [0.717, 1.165) is 23.6 Å². The van der Waals surface area contributed by atoms with Crippen LogP contribution in [0.2, 0.25) is 5.02 Å². The van der Waals surface area contributed by atoms with Gasteiger partial charge in [0.15, 0.2) is 5.17 Å². The van der Waals surface area contributed by atoms with Crippen molar-refractivity contribution in [1.29, 1.82) is 0 Å². The minimum absolute atomic E-state index is 0.0292. The molecule has 142 valence electrons. The lowest BCUT2D eigenvalue weighted by Crippen LogP contribution is -2.56. The van der Waals surface area contributed by atoms with Crippen molar-refractivity contribution in [3.05, 3.63) is 58.6 Å². The Kier molecular flexibility index (Phi) is 4.55. The highest BCUT2D eigenvalue weighted by atomic mass is 35.5. The smallest absolute Gasteiger partial charge is 0.206 e. The Morgan fingerprint density at radius 1 is 1.26 bits per heavy atom. The number of nitrogens with one attached hydrogen (secondary N) is 1. The van der Waals surface area contributed by atoms with E-state index in [4.69, 9.17) is 21.3 Å². The lowest BCUT2D eigenvalue weighted by molar-refractivity contribution is 0.0134. The predicted molar refractivity (Wildman–Crippen MR) is 112 cm³/mol. The van der Waals surface area contributed by atoms with Crippen LogP contribution in [0.15, 0.2) is 47.5 Å². The fourth-order valence-electron chi connectivity index (χ4n) is 4.13. The Labute approximate surface area is 169 Å². The fourth-order valence-corrected chi connectivity index (χ4v) is 4.94. The Morgan fingerprint density at radius 3 is 2.70 bits per heavy atom. The second kappa shape index (κ2) is 6.64. The maximum atomic E-state index is 10.2. The zero-order valence-electron chi connectivity index (χ0n) is 15.6. The average molecular weight is 403 g/mol. The van der Waals surface area contributed by atoms with E-state index in [0.29, 0.717) is 10.8 Å². The summed E-state index contributed by atoms with van der Waals surface area (Å²) in [6.45, 7) is 4.32. The van der Waals surface area contributed by atoms with Gasteiger partial charge < -0.3 is 15.2 Å². The van der Waals surface area contributed by atoms with Crippen molar-refractivity contribution in [2.45, 2.75) is 43.9 Å². The molecule has 27 heavy (non-hydrogen) atoms. The minimum atomic E-state index is -0.680. The van der Waals surface area contributed by atoms with E-state index in [-0.39, 0.29) is 17.2 Å². The molecule has 2 aliphatic heterocycles. The largest absolute Gasteiger partial charge is 0.506 e. The van der Waals surface area contributed by atoms with Gasteiger partial charge in [-0.2, -0.15) is 0 Å². The molecule has 4 nitrogen and oxygen atoms in total. The van der Waals surface area contributed by atoms with Gasteiger partial charge in [0.05, 0.1) is 5.02 Å². The summed E-state index contributed by atoms with van der Waals surface area (Å²) in [6.07, 6.45) is 3.47. The Morgan fingerprint density at radius 2 is 2.00 bits per heavy atom. The molecule has 6 heteroatoms. The van der Waals surface area contributed by atoms with Crippen molar-refractivity contribution in [2.75, 3.05) is 6.26 Å². The molecule has 0 saturated carbocycles. The third kappa shape index (κ3) is 3.50. The van der Waals surface area contributed by atoms with Crippen molar-refractivity contribution in [3.63, 3.8) is 0 Å². The number of hydrogen-bond donors (Lipinski definition) is 2. The second-order valence-corrected chi connectivity index (χ2v) is 9.07. The van der Waals surface area contributed by atoms with E-state index in [1.807, 2.05) is 30.5 Å². The van der Waals surface area contributed by atoms with Gasteiger partial charge in [0.1, 0.15) is 11.5 Å². The van der Waals surface area contributed by atoms with Crippen LogP contribution in [0.4, 0.5) is 0 Å². The predicted octanol–water partition coefficient (Wildman–Crippen LogP) is 5.15. The molecule has 2 aliphatic rings. The first-order valence-corrected chi connectivity index (χ1v) is 10.6. The van der Waals surface area contributed by atoms with Crippen LogP contribution < -0.4 is 10.1 Å². The molecule has 0 aliphatic carbocycles. The number of aliphatic imine (C=N–C) groups is 1. The van der Waals surface area contributed by atoms with E-state index >= 15 is 0 Å². The molecule has 0 saturated heterocycles. The van der Waals surface area contributed by atoms with Gasteiger partial charge in [-0.25, -0.2) is 4.99 Å². The maximum absolute atomic E-state index is 10.2. The lowest BCUT2D eigenvalue weighted by atomic mass is 9.78. The number of benzene rings is 2. The van der Waals surface area contributed by atoms with Crippen LogP contribution in [0.3, 0.4) is 0 Å². The van der Waals surface area contributed by atoms with Gasteiger partial charge in [-0.1, -0.05) is 53.7 Å². The highest BCUT2D eigenvalue weighted by Gasteiger charge is 2.48. The van der Waals surface area contributed by atoms with Gasteiger partial charge in [0, 0.05) is 35.9 Å². The highest BCUT2D eigenvalue weighted by molar-refractivity contribution is 8.13. The summed E-state index contributed by atoms with van der Waals surface area (Å²) < 4.78 is 6.46. The molecule has 2 aromatic carbocycles. The number of aromatic hydroxyl groups is 1. The molecule has 0 amide bonds. The van der Waals surface area contributed by atoms with Crippen LogP contribution in [-0.2, 0) is 0 Å². The second-order valence-electron chi connectivity index (χ2n) is 7.86. The number of phenols is 1. The average Bonchev–Trinajstić information content (AvgIpc) is 2.62. The molecule has 0 aromatic heterocycles. The zero-order chi connectivity index (χ0) is 19.2. The number of nitrogens with zero attached hydrogens (tertiary/aromatic N) is 1. The molecule has 1 spiro atoms. The summed E-state index contributed by atoms with van der Waals surface area (Å²) in [5.41, 5.74) is 1.36. The third-order valence-corrected chi connectivity index (χ3v) is 6.02. The van der Waals surface area contributed by atoms with Crippen LogP contribution >= 0.6 is 23.4 Å². The van der Waals surface area contributed by atoms with Crippen LogP contribution in [0.5, 0.6) is 11.5 Å². The Bertz CT molecular complexity index is 901. The van der Waals surface area contributed by atoms with E-state index in [2.05, 4.69) is 31.3 Å². The van der Waals surface area contributed by atoms with Crippen molar-refractivity contribution in [2.24, 2.45) is 4.99 Å². The van der Waals surface area contributed by atoms with E-state index < -0.39 is 5.72 Å². The molecule has 0 bridgehead atoms. The first kappa shape index (κ1) is 18.5. The molecule has 0 fully saturated rings. The topological polar surface area (TPSA) is 53.9 Å². The van der Waals surface area contributed by atoms with Crippen LogP contribution in [-0.4, -0.2) is 27.8 Å². The number of rotatable bonds is 1. The van der Waals surface area contributed by atoms with Gasteiger partial charge in [0.2, 0.25) is 5.72 Å². The SMILES string of the molecule is CSC1=NC2(CC(c3ccccc3)c3cc(Cl)c(O)cc3O2)CC(C)(C)N1. The van der Waals surface area contributed by atoms with Crippen LogP contribution in [0, 0.1) is 0 Å². The van der Waals surface area contributed by atoms with Gasteiger partial charge in [0.25, 0.3) is 0 Å². The molecule has 2 N–H and O–H groups in total. The summed E-state index contributed by atoms with van der Waals surface area (Å²) in [7, 11) is 0. The molecule has 2 atom stereocenters. The maximum Gasteiger partial charge on any atom is 0.206 e. The fraction of sp³-hybridized carbons (Fsp3) is 0.381. The van der Waals surface area contributed by atoms with Crippen LogP contribution in [0.1, 0.15) is 43.7 Å². The van der Waals surface area contributed by atoms with Gasteiger partial charge >= 0.3 is 0 Å². The Balaban J connectivity index is 1.87. The molecular weight excluding hydrogens is 380 g/mol. The number of fused-ring (bicyclic) bond motifs is 1. The van der Waals surface area contributed by atoms with Crippen molar-refractivity contribution < 1.29 is 9.84 Å². The number of ether oxygens (including phenoxy) is 1. The van der Waals surface area contributed by atoms with Crippen molar-refractivity contribution >= 4 is 28.5 Å². The van der Waals surface area contributed by atoms with E-state index in [1.54, 1.807) is 17.8 Å². The number of thioether (sulfide) groups is 1. The summed E-state index contributed by atoms with van der Waals surface area (Å²) >= 11 is 7.81. The summed E-state index contributed by atoms with van der Waals surface area (Å²) in [5, 5.41) is 14.8. The zero-order valence-corrected chi connectivity index (χ0v) is 17.2. The van der Waals surface area contributed by atoms with Gasteiger partial charge in [-0.05, 0) is 31.7 Å². The lowest BCUT2D eigenvalue weighted by Gasteiger charge is -2.47. The van der Waals surface area contributed by atoms with E-state index in [1.165, 1.54) is 5.56 Å². The number of phenolic OH excluding ortho intramolecular Hbond substituents is 1. The minimum Gasteiger partial charge on any atom is -0.506 e. The monoisotopic (exact) mass is 402 g/mol. The molecule has 2 unspecified atom stereocenters. The number of hydrogen-bond acceptors (Lipinski definition) is 5. The molecule has 2 aromatic rings. The molecular formula is C21H23ClN2O2S. The number of halogens is 1. The summed E-state index contributed by atoms with van der Waals surface area (Å²) in [5.74, 6) is 0.772. The normalized spacial score (nSPS) is 25.9. The van der Waals surface area contributed by atoms with Gasteiger partial charge in [-0.3, -0.25) is 0 Å². The third-order valence-electron chi connectivity index (χ3n) is 5.14. The van der Waals surface area contributed by atoms with Crippen LogP contribution in [0.25, 0.3) is 0 Å². The first-order valence-electron chi connectivity index (χ1n) is 8.99. The summed E-state index contributed by atoms with van der Waals surface area (Å²) in [4.78, 5) is 4.95. The molecule has 4 rings (SSSR count). The Hall–Kier alpha value is -1.85. The van der Waals surface area contributed by atoms with Crippen molar-refractivity contribution in [1.82, 2.24) is 5.32 Å². The standard InChI is InChI=1S/C21H23ClN2O2S/c1-20(2)12-21(24-19(23-20)27-3)11-15(13-7-5-4-6-8-13)14-9-16(22)17(25)10-18(14)26-21/h4-10,15,25H,11-12H2,1-3H3,(H,23,24). The van der Waals surface area contributed by atoms with Crippen molar-refractivity contribution in [3.8, 4) is 11.5 Å². The summed E-state index contributed by atoms with van der Waals surface area (Å²) in [6, 6.07) is 13.8. The van der Waals surface area contributed by atoms with Gasteiger partial charge in [-0.15, -0.1) is 0 Å². The quantitative estimate of drug-likeness (QED) is 0.692. The highest BCUT2D eigenvalue weighted by Crippen LogP contribution is 2.50. The molecule has 0 radical (unpaired) electrons. The number of amidine groups is 1. The molecule has 2 heterocycles.